The van der Waals surface area contributed by atoms with E-state index in [0.29, 0.717) is 5.69 Å². The van der Waals surface area contributed by atoms with Gasteiger partial charge in [0.15, 0.2) is 6.61 Å². The Morgan fingerprint density at radius 3 is 2.68 bits per heavy atom. The molecule has 0 bridgehead atoms. The lowest BCUT2D eigenvalue weighted by atomic mass is 10.1. The van der Waals surface area contributed by atoms with E-state index in [4.69, 9.17) is 4.74 Å². The van der Waals surface area contributed by atoms with Crippen LogP contribution in [0.5, 0.6) is 0 Å². The Kier molecular flexibility index (Phi) is 6.56. The Hall–Kier alpha value is -1.36. The SMILES string of the molecule is CCCC(C)C(=O)OCC(=O)Nc1ccccc1Br. The number of amides is 1. The van der Waals surface area contributed by atoms with E-state index in [2.05, 4.69) is 21.2 Å². The van der Waals surface area contributed by atoms with E-state index in [1.165, 1.54) is 0 Å². The molecule has 0 saturated heterocycles. The maximum atomic E-state index is 11.6. The molecule has 1 aromatic carbocycles. The number of hydrogen-bond donors (Lipinski definition) is 1. The number of benzene rings is 1. The molecule has 1 rings (SSSR count). The van der Waals surface area contributed by atoms with Gasteiger partial charge in [-0.2, -0.15) is 0 Å². The van der Waals surface area contributed by atoms with Crippen LogP contribution in [0.1, 0.15) is 26.7 Å². The van der Waals surface area contributed by atoms with Gasteiger partial charge in [0.2, 0.25) is 0 Å². The second-order valence-electron chi connectivity index (χ2n) is 4.33. The molecule has 1 amide bonds. The molecule has 1 atom stereocenters. The van der Waals surface area contributed by atoms with Crippen LogP contribution in [0.15, 0.2) is 28.7 Å². The van der Waals surface area contributed by atoms with Crippen LogP contribution in [-0.2, 0) is 14.3 Å². The lowest BCUT2D eigenvalue weighted by Gasteiger charge is -2.11. The van der Waals surface area contributed by atoms with Crippen LogP contribution >= 0.6 is 15.9 Å². The highest BCUT2D eigenvalue weighted by atomic mass is 79.9. The van der Waals surface area contributed by atoms with Crippen molar-refractivity contribution >= 4 is 33.5 Å². The summed E-state index contributed by atoms with van der Waals surface area (Å²) in [5, 5.41) is 2.67. The molecule has 0 spiro atoms. The summed E-state index contributed by atoms with van der Waals surface area (Å²) < 4.78 is 5.75. The Morgan fingerprint density at radius 1 is 1.37 bits per heavy atom. The van der Waals surface area contributed by atoms with Crippen molar-refractivity contribution in [2.45, 2.75) is 26.7 Å². The van der Waals surface area contributed by atoms with Crippen LogP contribution in [0.2, 0.25) is 0 Å². The monoisotopic (exact) mass is 327 g/mol. The number of hydrogen-bond acceptors (Lipinski definition) is 3. The number of para-hydroxylation sites is 1. The minimum absolute atomic E-state index is 0.165. The fourth-order valence-corrected chi connectivity index (χ4v) is 1.96. The van der Waals surface area contributed by atoms with Gasteiger partial charge in [-0.05, 0) is 34.5 Å². The summed E-state index contributed by atoms with van der Waals surface area (Å²) in [6, 6.07) is 7.26. The molecule has 1 N–H and O–H groups in total. The number of carbonyl (C=O) groups excluding carboxylic acids is 2. The molecular weight excluding hydrogens is 310 g/mol. The van der Waals surface area contributed by atoms with Crippen molar-refractivity contribution in [1.29, 1.82) is 0 Å². The molecule has 1 aromatic rings. The van der Waals surface area contributed by atoms with Crippen molar-refractivity contribution in [3.05, 3.63) is 28.7 Å². The number of anilines is 1. The van der Waals surface area contributed by atoms with E-state index >= 15 is 0 Å². The normalized spacial score (nSPS) is 11.7. The molecule has 1 unspecified atom stereocenters. The van der Waals surface area contributed by atoms with Gasteiger partial charge in [0.1, 0.15) is 0 Å². The molecule has 5 heteroatoms. The van der Waals surface area contributed by atoms with Crippen molar-refractivity contribution in [2.75, 3.05) is 11.9 Å². The third-order valence-corrected chi connectivity index (χ3v) is 3.31. The van der Waals surface area contributed by atoms with Gasteiger partial charge in [0.25, 0.3) is 5.91 Å². The van der Waals surface area contributed by atoms with Gasteiger partial charge in [0, 0.05) is 4.47 Å². The number of rotatable bonds is 6. The fraction of sp³-hybridized carbons (Fsp3) is 0.429. The molecule has 0 saturated carbocycles. The highest BCUT2D eigenvalue weighted by molar-refractivity contribution is 9.10. The molecule has 4 nitrogen and oxygen atoms in total. The number of ether oxygens (including phenoxy) is 1. The third kappa shape index (κ3) is 5.42. The smallest absolute Gasteiger partial charge is 0.309 e. The van der Waals surface area contributed by atoms with Crippen LogP contribution < -0.4 is 5.32 Å². The van der Waals surface area contributed by atoms with Gasteiger partial charge in [-0.3, -0.25) is 9.59 Å². The van der Waals surface area contributed by atoms with Gasteiger partial charge in [-0.1, -0.05) is 32.4 Å². The van der Waals surface area contributed by atoms with E-state index in [1.807, 2.05) is 25.1 Å². The average Bonchev–Trinajstić information content (AvgIpc) is 2.39. The van der Waals surface area contributed by atoms with Crippen molar-refractivity contribution in [2.24, 2.45) is 5.92 Å². The van der Waals surface area contributed by atoms with E-state index in [1.54, 1.807) is 13.0 Å². The fourth-order valence-electron chi connectivity index (χ4n) is 1.58. The number of nitrogens with one attached hydrogen (secondary N) is 1. The second-order valence-corrected chi connectivity index (χ2v) is 5.18. The number of halogens is 1. The molecule has 104 valence electrons. The van der Waals surface area contributed by atoms with E-state index in [-0.39, 0.29) is 24.4 Å². The molecule has 0 heterocycles. The summed E-state index contributed by atoms with van der Waals surface area (Å²) in [6.07, 6.45) is 1.68. The highest BCUT2D eigenvalue weighted by Crippen LogP contribution is 2.20. The summed E-state index contributed by atoms with van der Waals surface area (Å²) in [7, 11) is 0. The molecule has 0 aromatic heterocycles. The highest BCUT2D eigenvalue weighted by Gasteiger charge is 2.15. The van der Waals surface area contributed by atoms with Crippen LogP contribution in [0.3, 0.4) is 0 Å². The first-order chi connectivity index (χ1) is 9.04. The predicted octanol–water partition coefficient (Wildman–Crippen LogP) is 3.37. The molecule has 0 aliphatic carbocycles. The Balaban J connectivity index is 2.40. The Labute approximate surface area is 121 Å². The van der Waals surface area contributed by atoms with E-state index in [0.717, 1.165) is 17.3 Å². The predicted molar refractivity (Wildman–Crippen MR) is 77.8 cm³/mol. The zero-order valence-corrected chi connectivity index (χ0v) is 12.7. The quantitative estimate of drug-likeness (QED) is 0.815. The molecule has 0 radical (unpaired) electrons. The first-order valence-electron chi connectivity index (χ1n) is 6.25. The third-order valence-electron chi connectivity index (χ3n) is 2.62. The lowest BCUT2D eigenvalue weighted by molar-refractivity contribution is -0.151. The molecule has 0 aliphatic heterocycles. The first-order valence-corrected chi connectivity index (χ1v) is 7.05. The minimum atomic E-state index is -0.344. The zero-order valence-electron chi connectivity index (χ0n) is 11.1. The maximum Gasteiger partial charge on any atom is 0.309 e. The van der Waals surface area contributed by atoms with Crippen molar-refractivity contribution in [1.82, 2.24) is 0 Å². The summed E-state index contributed by atoms with van der Waals surface area (Å²) in [6.45, 7) is 3.55. The van der Waals surface area contributed by atoms with Gasteiger partial charge in [0.05, 0.1) is 11.6 Å². The van der Waals surface area contributed by atoms with Crippen LogP contribution in [0.25, 0.3) is 0 Å². The van der Waals surface area contributed by atoms with Crippen molar-refractivity contribution in [3.8, 4) is 0 Å². The Bertz CT molecular complexity index is 448. The average molecular weight is 328 g/mol. The molecule has 0 fully saturated rings. The molecule has 19 heavy (non-hydrogen) atoms. The zero-order chi connectivity index (χ0) is 14.3. The van der Waals surface area contributed by atoms with Crippen molar-refractivity contribution < 1.29 is 14.3 Å². The van der Waals surface area contributed by atoms with Crippen LogP contribution in [0.4, 0.5) is 5.69 Å². The summed E-state index contributed by atoms with van der Waals surface area (Å²) in [5.41, 5.74) is 0.658. The van der Waals surface area contributed by atoms with Gasteiger partial charge < -0.3 is 10.1 Å². The van der Waals surface area contributed by atoms with E-state index < -0.39 is 0 Å². The summed E-state index contributed by atoms with van der Waals surface area (Å²) in [4.78, 5) is 23.2. The second kappa shape index (κ2) is 7.94. The number of carbonyl (C=O) groups is 2. The summed E-state index contributed by atoms with van der Waals surface area (Å²) in [5.74, 6) is -0.839. The lowest BCUT2D eigenvalue weighted by Crippen LogP contribution is -2.23. The minimum Gasteiger partial charge on any atom is -0.455 e. The number of esters is 1. The molecule has 0 aliphatic rings. The van der Waals surface area contributed by atoms with Gasteiger partial charge in [-0.25, -0.2) is 0 Å². The standard InChI is InChI=1S/C14H18BrNO3/c1-3-6-10(2)14(18)19-9-13(17)16-12-8-5-4-7-11(12)15/h4-5,7-8,10H,3,6,9H2,1-2H3,(H,16,17). The van der Waals surface area contributed by atoms with Crippen LogP contribution in [-0.4, -0.2) is 18.5 Å². The van der Waals surface area contributed by atoms with Gasteiger partial charge in [-0.15, -0.1) is 0 Å². The first kappa shape index (κ1) is 15.7. The van der Waals surface area contributed by atoms with Gasteiger partial charge >= 0.3 is 5.97 Å². The maximum absolute atomic E-state index is 11.6. The van der Waals surface area contributed by atoms with E-state index in [9.17, 15) is 9.59 Å². The largest absolute Gasteiger partial charge is 0.455 e. The van der Waals surface area contributed by atoms with Crippen molar-refractivity contribution in [3.63, 3.8) is 0 Å². The van der Waals surface area contributed by atoms with Crippen LogP contribution in [0, 0.1) is 5.92 Å². The molecular formula is C14H18BrNO3. The topological polar surface area (TPSA) is 55.4 Å². The Morgan fingerprint density at radius 2 is 2.05 bits per heavy atom. The summed E-state index contributed by atoms with van der Waals surface area (Å²) >= 11 is 3.33.